The van der Waals surface area contributed by atoms with Crippen molar-refractivity contribution in [3.8, 4) is 0 Å². The summed E-state index contributed by atoms with van der Waals surface area (Å²) in [5, 5.41) is 2.84. The molecule has 0 saturated carbocycles. The Morgan fingerprint density at radius 2 is 1.80 bits per heavy atom. The van der Waals surface area contributed by atoms with Gasteiger partial charge in [-0.25, -0.2) is 8.42 Å². The number of carbonyl (C=O) groups excluding carboxylic acids is 1. The molecule has 7 heteroatoms. The lowest BCUT2D eigenvalue weighted by Gasteiger charge is -2.17. The maximum Gasteiger partial charge on any atom is 0.242 e. The summed E-state index contributed by atoms with van der Waals surface area (Å²) in [4.78, 5) is 12.6. The average Bonchev–Trinajstić information content (AvgIpc) is 2.56. The third kappa shape index (κ3) is 4.90. The lowest BCUT2D eigenvalue weighted by Crippen LogP contribution is -2.41. The number of nitrogens with one attached hydrogen (secondary N) is 2. The summed E-state index contributed by atoms with van der Waals surface area (Å²) < 4.78 is 28.0. The van der Waals surface area contributed by atoms with E-state index in [1.54, 1.807) is 12.1 Å². The first-order valence-electron chi connectivity index (χ1n) is 7.92. The molecule has 5 nitrogen and oxygen atoms in total. The molecule has 25 heavy (non-hydrogen) atoms. The van der Waals surface area contributed by atoms with Crippen molar-refractivity contribution in [3.05, 3.63) is 58.1 Å². The Morgan fingerprint density at radius 3 is 2.40 bits per heavy atom. The standard InChI is InChI=1S/C18H21BrN2O3S/c1-4-14-7-5-6-12(2)17(14)20-18(22)13(3)21-25(23,24)16-10-8-15(19)9-11-16/h5-11,13,21H,4H2,1-3H3,(H,20,22)/t13-/m0/s1. The van der Waals surface area contributed by atoms with Crippen LogP contribution in [-0.4, -0.2) is 20.4 Å². The van der Waals surface area contributed by atoms with Crippen LogP contribution in [0.5, 0.6) is 0 Å². The number of sulfonamides is 1. The van der Waals surface area contributed by atoms with E-state index in [0.717, 1.165) is 27.7 Å². The van der Waals surface area contributed by atoms with Gasteiger partial charge in [-0.2, -0.15) is 4.72 Å². The SMILES string of the molecule is CCc1cccc(C)c1NC(=O)[C@H](C)NS(=O)(=O)c1ccc(Br)cc1. The molecule has 134 valence electrons. The molecule has 0 aliphatic heterocycles. The van der Waals surface area contributed by atoms with Gasteiger partial charge in [-0.05, 0) is 55.7 Å². The van der Waals surface area contributed by atoms with Gasteiger partial charge in [0.25, 0.3) is 0 Å². The van der Waals surface area contributed by atoms with Crippen LogP contribution in [0.15, 0.2) is 51.8 Å². The molecule has 0 saturated heterocycles. The molecule has 2 N–H and O–H groups in total. The van der Waals surface area contributed by atoms with Gasteiger partial charge in [-0.3, -0.25) is 4.79 Å². The second kappa shape index (κ2) is 8.12. The fraction of sp³-hybridized carbons (Fsp3) is 0.278. The van der Waals surface area contributed by atoms with Crippen LogP contribution in [0.4, 0.5) is 5.69 Å². The third-order valence-corrected chi connectivity index (χ3v) is 5.92. The van der Waals surface area contributed by atoms with E-state index >= 15 is 0 Å². The number of para-hydroxylation sites is 1. The van der Waals surface area contributed by atoms with Gasteiger partial charge >= 0.3 is 0 Å². The summed E-state index contributed by atoms with van der Waals surface area (Å²) >= 11 is 3.26. The Kier molecular flexibility index (Phi) is 6.37. The molecular formula is C18H21BrN2O3S. The summed E-state index contributed by atoms with van der Waals surface area (Å²) in [5.74, 6) is -0.398. The Labute approximate surface area is 157 Å². The number of benzene rings is 2. The van der Waals surface area contributed by atoms with E-state index in [4.69, 9.17) is 0 Å². The topological polar surface area (TPSA) is 75.3 Å². The van der Waals surface area contributed by atoms with Crippen molar-refractivity contribution < 1.29 is 13.2 Å². The van der Waals surface area contributed by atoms with Crippen LogP contribution in [0.1, 0.15) is 25.0 Å². The lowest BCUT2D eigenvalue weighted by molar-refractivity contribution is -0.117. The highest BCUT2D eigenvalue weighted by Crippen LogP contribution is 2.21. The molecular weight excluding hydrogens is 404 g/mol. The summed E-state index contributed by atoms with van der Waals surface area (Å²) in [6, 6.07) is 11.1. The second-order valence-corrected chi connectivity index (χ2v) is 8.38. The summed E-state index contributed by atoms with van der Waals surface area (Å²) in [5.41, 5.74) is 2.69. The monoisotopic (exact) mass is 424 g/mol. The molecule has 0 radical (unpaired) electrons. The Hall–Kier alpha value is -1.70. The second-order valence-electron chi connectivity index (χ2n) is 5.75. The zero-order chi connectivity index (χ0) is 18.6. The molecule has 1 amide bonds. The Bertz CT molecular complexity index is 864. The molecule has 0 aliphatic rings. The molecule has 2 rings (SSSR count). The summed E-state index contributed by atoms with van der Waals surface area (Å²) in [7, 11) is -3.77. The predicted molar refractivity (Wildman–Crippen MR) is 103 cm³/mol. The van der Waals surface area contributed by atoms with E-state index in [9.17, 15) is 13.2 Å². The van der Waals surface area contributed by atoms with Gasteiger partial charge in [-0.1, -0.05) is 41.1 Å². The lowest BCUT2D eigenvalue weighted by atomic mass is 10.1. The fourth-order valence-corrected chi connectivity index (χ4v) is 3.87. The third-order valence-electron chi connectivity index (χ3n) is 3.84. The Balaban J connectivity index is 2.14. The number of anilines is 1. The quantitative estimate of drug-likeness (QED) is 0.743. The highest BCUT2D eigenvalue weighted by Gasteiger charge is 2.22. The zero-order valence-electron chi connectivity index (χ0n) is 14.3. The van der Waals surface area contributed by atoms with Crippen molar-refractivity contribution in [3.63, 3.8) is 0 Å². The van der Waals surface area contributed by atoms with Crippen LogP contribution >= 0.6 is 15.9 Å². The van der Waals surface area contributed by atoms with Crippen LogP contribution in [0.2, 0.25) is 0 Å². The van der Waals surface area contributed by atoms with Crippen LogP contribution in [-0.2, 0) is 21.2 Å². The maximum atomic E-state index is 12.5. The number of rotatable bonds is 6. The van der Waals surface area contributed by atoms with Gasteiger partial charge in [-0.15, -0.1) is 0 Å². The van der Waals surface area contributed by atoms with Gasteiger partial charge in [0, 0.05) is 10.2 Å². The fourth-order valence-electron chi connectivity index (χ4n) is 2.40. The molecule has 0 unspecified atom stereocenters. The first-order chi connectivity index (χ1) is 11.7. The largest absolute Gasteiger partial charge is 0.324 e. The first kappa shape index (κ1) is 19.6. The zero-order valence-corrected chi connectivity index (χ0v) is 16.7. The normalized spacial score (nSPS) is 12.6. The van der Waals surface area contributed by atoms with Gasteiger partial charge in [0.05, 0.1) is 10.9 Å². The number of hydrogen-bond donors (Lipinski definition) is 2. The molecule has 2 aromatic rings. The van der Waals surface area contributed by atoms with Crippen LogP contribution in [0.3, 0.4) is 0 Å². The number of carbonyl (C=O) groups is 1. The number of hydrogen-bond acceptors (Lipinski definition) is 3. The highest BCUT2D eigenvalue weighted by atomic mass is 79.9. The van der Waals surface area contributed by atoms with Gasteiger partial charge < -0.3 is 5.32 Å². The van der Waals surface area contributed by atoms with Crippen molar-refractivity contribution in [2.24, 2.45) is 0 Å². The maximum absolute atomic E-state index is 12.5. The van der Waals surface area contributed by atoms with Gasteiger partial charge in [0.2, 0.25) is 15.9 Å². The van der Waals surface area contributed by atoms with Crippen molar-refractivity contribution in [2.75, 3.05) is 5.32 Å². The number of halogens is 1. The molecule has 1 atom stereocenters. The average molecular weight is 425 g/mol. The van der Waals surface area contributed by atoms with E-state index in [1.807, 2.05) is 32.0 Å². The van der Waals surface area contributed by atoms with E-state index in [2.05, 4.69) is 26.0 Å². The molecule has 0 spiro atoms. The minimum absolute atomic E-state index is 0.112. The molecule has 0 heterocycles. The van der Waals surface area contributed by atoms with Crippen molar-refractivity contribution in [2.45, 2.75) is 38.1 Å². The van der Waals surface area contributed by atoms with E-state index in [-0.39, 0.29) is 4.90 Å². The smallest absolute Gasteiger partial charge is 0.242 e. The molecule has 0 bridgehead atoms. The van der Waals surface area contributed by atoms with Crippen molar-refractivity contribution in [1.29, 1.82) is 0 Å². The molecule has 0 aromatic heterocycles. The van der Waals surface area contributed by atoms with Crippen LogP contribution in [0.25, 0.3) is 0 Å². The highest BCUT2D eigenvalue weighted by molar-refractivity contribution is 9.10. The Morgan fingerprint density at radius 1 is 1.16 bits per heavy atom. The van der Waals surface area contributed by atoms with Gasteiger partial charge in [0.15, 0.2) is 0 Å². The van der Waals surface area contributed by atoms with Crippen molar-refractivity contribution >= 4 is 37.5 Å². The van der Waals surface area contributed by atoms with E-state index in [0.29, 0.717) is 0 Å². The number of aryl methyl sites for hydroxylation is 2. The summed E-state index contributed by atoms with van der Waals surface area (Å²) in [6.45, 7) is 5.44. The minimum atomic E-state index is -3.77. The summed E-state index contributed by atoms with van der Waals surface area (Å²) in [6.07, 6.45) is 0.774. The molecule has 0 fully saturated rings. The minimum Gasteiger partial charge on any atom is -0.324 e. The van der Waals surface area contributed by atoms with E-state index in [1.165, 1.54) is 19.1 Å². The van der Waals surface area contributed by atoms with Crippen molar-refractivity contribution in [1.82, 2.24) is 4.72 Å². The van der Waals surface area contributed by atoms with Crippen LogP contribution in [0, 0.1) is 6.92 Å². The van der Waals surface area contributed by atoms with Gasteiger partial charge in [0.1, 0.15) is 0 Å². The molecule has 0 aliphatic carbocycles. The molecule has 2 aromatic carbocycles. The predicted octanol–water partition coefficient (Wildman–Crippen LogP) is 3.63. The number of amides is 1. The van der Waals surface area contributed by atoms with Crippen LogP contribution < -0.4 is 10.0 Å². The van der Waals surface area contributed by atoms with E-state index < -0.39 is 22.0 Å². The first-order valence-corrected chi connectivity index (χ1v) is 10.2.